The number of hydrogen-bond acceptors (Lipinski definition) is 7. The molecular weight excluding hydrogens is 594 g/mol. The van der Waals surface area contributed by atoms with Crippen LogP contribution in [0.2, 0.25) is 10.0 Å². The number of oxazole rings is 1. The van der Waals surface area contributed by atoms with Crippen LogP contribution in [0.1, 0.15) is 47.1 Å². The van der Waals surface area contributed by atoms with Crippen molar-refractivity contribution in [3.63, 3.8) is 0 Å². The third-order valence-electron chi connectivity index (χ3n) is 7.59. The van der Waals surface area contributed by atoms with Gasteiger partial charge in [0, 0.05) is 61.9 Å². The molecule has 1 amide bonds. The molecule has 2 fully saturated rings. The van der Waals surface area contributed by atoms with E-state index >= 15 is 0 Å². The summed E-state index contributed by atoms with van der Waals surface area (Å²) in [5.41, 5.74) is -0.244. The Kier molecular flexibility index (Phi) is 8.98. The molecule has 13 heteroatoms. The highest BCUT2D eigenvalue weighted by atomic mass is 35.5. The first-order valence-electron chi connectivity index (χ1n) is 13.8. The van der Waals surface area contributed by atoms with Crippen LogP contribution in [0.4, 0.5) is 25.0 Å². The molecule has 1 atom stereocenters. The predicted molar refractivity (Wildman–Crippen MR) is 153 cm³/mol. The SMILES string of the molecule is CC1CCCN(c2nc(C(F)(F)F)c(C(=O)Cc3ccc(N4CCN(C(=O)Cc5c(Cl)cccc5Cl)CC4)nc3)o2)C1. The maximum atomic E-state index is 13.7. The number of ketones is 1. The van der Waals surface area contributed by atoms with Gasteiger partial charge in [-0.25, -0.2) is 4.98 Å². The van der Waals surface area contributed by atoms with Crippen molar-refractivity contribution in [1.29, 1.82) is 0 Å². The predicted octanol–water partition coefficient (Wildman–Crippen LogP) is 5.95. The summed E-state index contributed by atoms with van der Waals surface area (Å²) in [5, 5.41) is 0.902. The van der Waals surface area contributed by atoms with Gasteiger partial charge in [0.05, 0.1) is 6.42 Å². The van der Waals surface area contributed by atoms with Crippen molar-refractivity contribution in [3.8, 4) is 0 Å². The van der Waals surface area contributed by atoms with Crippen LogP contribution in [0.3, 0.4) is 0 Å². The number of benzene rings is 1. The van der Waals surface area contributed by atoms with Gasteiger partial charge in [0.2, 0.25) is 17.5 Å². The minimum absolute atomic E-state index is 0.0740. The molecule has 0 radical (unpaired) electrons. The van der Waals surface area contributed by atoms with E-state index in [9.17, 15) is 22.8 Å². The molecule has 8 nitrogen and oxygen atoms in total. The van der Waals surface area contributed by atoms with E-state index in [0.29, 0.717) is 72.2 Å². The fraction of sp³-hybridized carbons (Fsp3) is 0.448. The summed E-state index contributed by atoms with van der Waals surface area (Å²) in [7, 11) is 0. The fourth-order valence-corrected chi connectivity index (χ4v) is 5.84. The number of alkyl halides is 3. The number of Topliss-reactive ketones (excluding diaryl/α,β-unsaturated/α-hetero) is 1. The molecular formula is C29H30Cl2F3N5O3. The van der Waals surface area contributed by atoms with Crippen LogP contribution in [-0.4, -0.2) is 65.8 Å². The topological polar surface area (TPSA) is 82.8 Å². The number of halogens is 5. The third-order valence-corrected chi connectivity index (χ3v) is 8.29. The Bertz CT molecular complexity index is 1420. The number of anilines is 2. The van der Waals surface area contributed by atoms with E-state index in [2.05, 4.69) is 9.97 Å². The number of piperidine rings is 1. The molecule has 0 N–H and O–H groups in total. The monoisotopic (exact) mass is 623 g/mol. The van der Waals surface area contributed by atoms with Gasteiger partial charge in [-0.1, -0.05) is 42.3 Å². The van der Waals surface area contributed by atoms with Gasteiger partial charge < -0.3 is 19.1 Å². The van der Waals surface area contributed by atoms with Gasteiger partial charge >= 0.3 is 6.18 Å². The molecule has 224 valence electrons. The second-order valence-electron chi connectivity index (χ2n) is 10.7. The lowest BCUT2D eigenvalue weighted by Gasteiger charge is -2.35. The Labute approximate surface area is 251 Å². The average Bonchev–Trinajstić information content (AvgIpc) is 3.43. The molecule has 5 rings (SSSR count). The summed E-state index contributed by atoms with van der Waals surface area (Å²) < 4.78 is 46.6. The number of hydrogen-bond donors (Lipinski definition) is 0. The largest absolute Gasteiger partial charge is 0.437 e. The Morgan fingerprint density at radius 2 is 1.71 bits per heavy atom. The van der Waals surface area contributed by atoms with Gasteiger partial charge in [-0.2, -0.15) is 18.2 Å². The Morgan fingerprint density at radius 1 is 1.00 bits per heavy atom. The zero-order valence-electron chi connectivity index (χ0n) is 23.0. The molecule has 2 aliphatic rings. The Hall–Kier alpha value is -3.31. The van der Waals surface area contributed by atoms with Crippen molar-refractivity contribution < 1.29 is 27.2 Å². The third kappa shape index (κ3) is 6.83. The zero-order chi connectivity index (χ0) is 30.0. The molecule has 0 bridgehead atoms. The molecule has 2 aromatic heterocycles. The second kappa shape index (κ2) is 12.5. The first kappa shape index (κ1) is 30.2. The van der Waals surface area contributed by atoms with Gasteiger partial charge in [0.1, 0.15) is 5.82 Å². The zero-order valence-corrected chi connectivity index (χ0v) is 24.5. The van der Waals surface area contributed by atoms with Gasteiger partial charge in [-0.05, 0) is 48.1 Å². The summed E-state index contributed by atoms with van der Waals surface area (Å²) in [4.78, 5) is 39.3. The van der Waals surface area contributed by atoms with Crippen LogP contribution in [0.5, 0.6) is 0 Å². The van der Waals surface area contributed by atoms with Gasteiger partial charge in [-0.15, -0.1) is 0 Å². The number of rotatable bonds is 7. The van der Waals surface area contributed by atoms with Crippen LogP contribution < -0.4 is 9.80 Å². The number of pyridine rings is 1. The smallest absolute Gasteiger partial charge is 0.420 e. The van der Waals surface area contributed by atoms with Gasteiger partial charge in [-0.3, -0.25) is 9.59 Å². The van der Waals surface area contributed by atoms with Crippen molar-refractivity contribution in [1.82, 2.24) is 14.9 Å². The van der Waals surface area contributed by atoms with E-state index in [0.717, 1.165) is 12.8 Å². The Morgan fingerprint density at radius 3 is 2.33 bits per heavy atom. The number of aromatic nitrogens is 2. The van der Waals surface area contributed by atoms with E-state index in [-0.39, 0.29) is 24.8 Å². The summed E-state index contributed by atoms with van der Waals surface area (Å²) >= 11 is 12.4. The maximum absolute atomic E-state index is 13.7. The van der Waals surface area contributed by atoms with Crippen LogP contribution in [0.15, 0.2) is 40.9 Å². The van der Waals surface area contributed by atoms with E-state index in [1.54, 1.807) is 40.1 Å². The molecule has 2 aliphatic heterocycles. The summed E-state index contributed by atoms with van der Waals surface area (Å²) in [5.74, 6) is -0.732. The molecule has 2 saturated heterocycles. The first-order chi connectivity index (χ1) is 20.0. The lowest BCUT2D eigenvalue weighted by molar-refractivity contribution is -0.141. The molecule has 1 aromatic carbocycles. The average molecular weight is 624 g/mol. The molecule has 1 unspecified atom stereocenters. The van der Waals surface area contributed by atoms with Crippen molar-refractivity contribution in [2.45, 2.75) is 38.8 Å². The van der Waals surface area contributed by atoms with Crippen molar-refractivity contribution in [2.24, 2.45) is 5.92 Å². The van der Waals surface area contributed by atoms with Crippen LogP contribution in [0, 0.1) is 5.92 Å². The Balaban J connectivity index is 1.20. The van der Waals surface area contributed by atoms with E-state index in [4.69, 9.17) is 27.6 Å². The van der Waals surface area contributed by atoms with Crippen molar-refractivity contribution in [2.75, 3.05) is 49.1 Å². The standard InChI is InChI=1S/C29H30Cl2F3N5O3/c1-18-4-3-9-39(17-18)28-36-27(29(32,33)34)26(42-28)23(40)14-19-7-8-24(35-16-19)37-10-12-38(13-11-37)25(41)15-20-21(30)5-2-6-22(20)31/h2,5-8,16,18H,3-4,9-15,17H2,1H3. The quantitative estimate of drug-likeness (QED) is 0.301. The highest BCUT2D eigenvalue weighted by Crippen LogP contribution is 2.35. The maximum Gasteiger partial charge on any atom is 0.437 e. The first-order valence-corrected chi connectivity index (χ1v) is 14.5. The molecule has 4 heterocycles. The molecule has 3 aromatic rings. The number of carbonyl (C=O) groups excluding carboxylic acids is 2. The fourth-order valence-electron chi connectivity index (χ4n) is 5.31. The van der Waals surface area contributed by atoms with E-state index in [1.807, 2.05) is 11.8 Å². The highest BCUT2D eigenvalue weighted by molar-refractivity contribution is 6.36. The number of amides is 1. The summed E-state index contributed by atoms with van der Waals surface area (Å²) in [6.45, 7) is 5.10. The lowest BCUT2D eigenvalue weighted by Crippen LogP contribution is -2.49. The van der Waals surface area contributed by atoms with Gasteiger partial charge in [0.15, 0.2) is 5.69 Å². The van der Waals surface area contributed by atoms with Crippen molar-refractivity contribution >= 4 is 46.7 Å². The van der Waals surface area contributed by atoms with Crippen LogP contribution in [-0.2, 0) is 23.8 Å². The van der Waals surface area contributed by atoms with E-state index < -0.39 is 23.4 Å². The van der Waals surface area contributed by atoms with E-state index in [1.165, 1.54) is 6.20 Å². The normalized spacial score (nSPS) is 18.0. The summed E-state index contributed by atoms with van der Waals surface area (Å²) in [6, 6.07) is 8.34. The van der Waals surface area contributed by atoms with Gasteiger partial charge in [0.25, 0.3) is 6.01 Å². The number of piperazine rings is 1. The number of carbonyl (C=O) groups is 2. The molecule has 42 heavy (non-hydrogen) atoms. The second-order valence-corrected chi connectivity index (χ2v) is 11.5. The molecule has 0 aliphatic carbocycles. The molecule has 0 spiro atoms. The molecule has 0 saturated carbocycles. The number of nitrogens with zero attached hydrogens (tertiary/aromatic N) is 5. The lowest BCUT2D eigenvalue weighted by atomic mass is 10.0. The minimum atomic E-state index is -4.82. The highest BCUT2D eigenvalue weighted by Gasteiger charge is 2.42. The summed E-state index contributed by atoms with van der Waals surface area (Å²) in [6.07, 6.45) is -1.76. The van der Waals surface area contributed by atoms with Crippen molar-refractivity contribution in [3.05, 3.63) is 69.2 Å². The van der Waals surface area contributed by atoms with Crippen LogP contribution in [0.25, 0.3) is 0 Å². The van der Waals surface area contributed by atoms with Crippen LogP contribution >= 0.6 is 23.2 Å². The minimum Gasteiger partial charge on any atom is -0.420 e.